The molecule has 96 valence electrons. The minimum absolute atomic E-state index is 0.116. The maximum atomic E-state index is 12.3. The molecule has 0 saturated carbocycles. The van der Waals surface area contributed by atoms with Gasteiger partial charge in [-0.2, -0.15) is 0 Å². The summed E-state index contributed by atoms with van der Waals surface area (Å²) in [7, 11) is 0. The van der Waals surface area contributed by atoms with Gasteiger partial charge in [-0.1, -0.05) is 24.3 Å². The van der Waals surface area contributed by atoms with E-state index in [0.717, 1.165) is 4.21 Å². The molecule has 1 aliphatic heterocycles. The fourth-order valence-corrected chi connectivity index (χ4v) is 4.07. The summed E-state index contributed by atoms with van der Waals surface area (Å²) in [6, 6.07) is 13.0. The Hall–Kier alpha value is -1.59. The van der Waals surface area contributed by atoms with Gasteiger partial charge in [0, 0.05) is 6.42 Å². The second-order valence-electron chi connectivity index (χ2n) is 4.15. The number of amides is 2. The molecule has 0 spiro atoms. The molecule has 1 aliphatic rings. The molecule has 0 radical (unpaired) electrons. The van der Waals surface area contributed by atoms with Gasteiger partial charge < -0.3 is 0 Å². The van der Waals surface area contributed by atoms with Gasteiger partial charge in [0.1, 0.15) is 0 Å². The van der Waals surface area contributed by atoms with Crippen LogP contribution in [-0.4, -0.2) is 17.1 Å². The normalized spacial score (nSPS) is 19.2. The van der Waals surface area contributed by atoms with Crippen molar-refractivity contribution in [2.24, 2.45) is 0 Å². The van der Waals surface area contributed by atoms with Gasteiger partial charge in [0.2, 0.25) is 11.8 Å². The average molecular weight is 289 g/mol. The van der Waals surface area contributed by atoms with Crippen LogP contribution in [0.2, 0.25) is 0 Å². The first-order valence-electron chi connectivity index (χ1n) is 5.88. The van der Waals surface area contributed by atoms with E-state index >= 15 is 0 Å². The van der Waals surface area contributed by atoms with Crippen molar-refractivity contribution in [1.29, 1.82) is 0 Å². The van der Waals surface area contributed by atoms with Crippen molar-refractivity contribution < 1.29 is 9.59 Å². The summed E-state index contributed by atoms with van der Waals surface area (Å²) in [6.45, 7) is 0. The van der Waals surface area contributed by atoms with Crippen LogP contribution >= 0.6 is 23.1 Å². The zero-order chi connectivity index (χ0) is 13.2. The third-order valence-corrected chi connectivity index (χ3v) is 5.13. The van der Waals surface area contributed by atoms with Crippen molar-refractivity contribution in [2.45, 2.75) is 15.9 Å². The number of anilines is 1. The number of para-hydroxylation sites is 1. The SMILES string of the molecule is O=C1C[C@@H](Sc2cccs2)C(=O)N1c1ccccc1. The van der Waals surface area contributed by atoms with Crippen molar-refractivity contribution in [3.05, 3.63) is 47.8 Å². The summed E-state index contributed by atoms with van der Waals surface area (Å²) in [4.78, 5) is 25.6. The van der Waals surface area contributed by atoms with E-state index in [4.69, 9.17) is 0 Å². The molecule has 1 atom stereocenters. The molecular formula is C14H11NO2S2. The molecule has 1 aromatic carbocycles. The number of thiophene rings is 1. The average Bonchev–Trinajstić information content (AvgIpc) is 3.01. The smallest absolute Gasteiger partial charge is 0.247 e. The van der Waals surface area contributed by atoms with Crippen molar-refractivity contribution in [3.63, 3.8) is 0 Å². The van der Waals surface area contributed by atoms with Crippen LogP contribution in [0.3, 0.4) is 0 Å². The van der Waals surface area contributed by atoms with Crippen molar-refractivity contribution >= 4 is 40.6 Å². The first-order valence-corrected chi connectivity index (χ1v) is 7.63. The second kappa shape index (κ2) is 5.19. The topological polar surface area (TPSA) is 37.4 Å². The highest BCUT2D eigenvalue weighted by molar-refractivity contribution is 8.02. The van der Waals surface area contributed by atoms with Gasteiger partial charge in [0.25, 0.3) is 0 Å². The highest BCUT2D eigenvalue weighted by atomic mass is 32.2. The molecule has 2 aromatic rings. The zero-order valence-electron chi connectivity index (χ0n) is 9.98. The largest absolute Gasteiger partial charge is 0.274 e. The van der Waals surface area contributed by atoms with E-state index < -0.39 is 0 Å². The fraction of sp³-hybridized carbons (Fsp3) is 0.143. The summed E-state index contributed by atoms with van der Waals surface area (Å²) in [6.07, 6.45) is 0.274. The highest BCUT2D eigenvalue weighted by Crippen LogP contribution is 2.35. The van der Waals surface area contributed by atoms with Gasteiger partial charge in [0.05, 0.1) is 15.1 Å². The number of hydrogen-bond donors (Lipinski definition) is 0. The lowest BCUT2D eigenvalue weighted by Gasteiger charge is -2.14. The monoisotopic (exact) mass is 289 g/mol. The van der Waals surface area contributed by atoms with E-state index in [1.54, 1.807) is 23.5 Å². The van der Waals surface area contributed by atoms with E-state index in [0.29, 0.717) is 5.69 Å². The maximum absolute atomic E-state index is 12.3. The Morgan fingerprint density at radius 2 is 1.89 bits per heavy atom. The molecule has 1 saturated heterocycles. The van der Waals surface area contributed by atoms with E-state index in [1.807, 2.05) is 35.7 Å². The molecular weight excluding hydrogens is 278 g/mol. The molecule has 2 amide bonds. The molecule has 0 bridgehead atoms. The molecule has 0 N–H and O–H groups in total. The number of nitrogens with zero attached hydrogens (tertiary/aromatic N) is 1. The van der Waals surface area contributed by atoms with Crippen LogP contribution in [0.4, 0.5) is 5.69 Å². The Morgan fingerprint density at radius 3 is 2.58 bits per heavy atom. The van der Waals surface area contributed by atoms with Gasteiger partial charge in [0.15, 0.2) is 0 Å². The Bertz CT molecular complexity index is 595. The zero-order valence-corrected chi connectivity index (χ0v) is 11.6. The quantitative estimate of drug-likeness (QED) is 0.814. The lowest BCUT2D eigenvalue weighted by Crippen LogP contribution is -2.30. The van der Waals surface area contributed by atoms with Crippen LogP contribution in [0.15, 0.2) is 52.1 Å². The Balaban J connectivity index is 1.82. The highest BCUT2D eigenvalue weighted by Gasteiger charge is 2.40. The summed E-state index contributed by atoms with van der Waals surface area (Å²) in [5.41, 5.74) is 0.659. The number of benzene rings is 1. The van der Waals surface area contributed by atoms with Crippen LogP contribution in [0.5, 0.6) is 0 Å². The third-order valence-electron chi connectivity index (χ3n) is 2.87. The fourth-order valence-electron chi connectivity index (χ4n) is 2.02. The van der Waals surface area contributed by atoms with Crippen LogP contribution in [0, 0.1) is 0 Å². The Kier molecular flexibility index (Phi) is 3.40. The molecule has 1 aromatic heterocycles. The summed E-state index contributed by atoms with van der Waals surface area (Å²) >= 11 is 3.07. The molecule has 1 fully saturated rings. The number of thioether (sulfide) groups is 1. The van der Waals surface area contributed by atoms with Gasteiger partial charge in [-0.15, -0.1) is 23.1 Å². The number of hydrogen-bond acceptors (Lipinski definition) is 4. The van der Waals surface area contributed by atoms with Gasteiger partial charge >= 0.3 is 0 Å². The molecule has 2 heterocycles. The van der Waals surface area contributed by atoms with E-state index in [-0.39, 0.29) is 23.5 Å². The number of carbonyl (C=O) groups is 2. The second-order valence-corrected chi connectivity index (χ2v) is 6.60. The van der Waals surface area contributed by atoms with Crippen molar-refractivity contribution in [3.8, 4) is 0 Å². The lowest BCUT2D eigenvalue weighted by atomic mass is 10.3. The van der Waals surface area contributed by atoms with Crippen LogP contribution < -0.4 is 4.90 Å². The van der Waals surface area contributed by atoms with Crippen LogP contribution in [0.25, 0.3) is 0 Å². The molecule has 0 unspecified atom stereocenters. The van der Waals surface area contributed by atoms with Crippen molar-refractivity contribution in [2.75, 3.05) is 4.90 Å². The lowest BCUT2D eigenvalue weighted by molar-refractivity contribution is -0.121. The van der Waals surface area contributed by atoms with Gasteiger partial charge in [-0.25, -0.2) is 4.90 Å². The minimum atomic E-state index is -0.300. The van der Waals surface area contributed by atoms with E-state index in [1.165, 1.54) is 16.7 Å². The Morgan fingerprint density at radius 1 is 1.11 bits per heavy atom. The minimum Gasteiger partial charge on any atom is -0.274 e. The molecule has 5 heteroatoms. The van der Waals surface area contributed by atoms with Crippen molar-refractivity contribution in [1.82, 2.24) is 0 Å². The maximum Gasteiger partial charge on any atom is 0.247 e. The van der Waals surface area contributed by atoms with Gasteiger partial charge in [-0.05, 0) is 23.6 Å². The molecule has 3 nitrogen and oxygen atoms in total. The standard InChI is InChI=1S/C14H11NO2S2/c16-12-9-11(19-13-7-4-8-18-13)14(17)15(12)10-5-2-1-3-6-10/h1-8,11H,9H2/t11-/m1/s1. The predicted octanol–water partition coefficient (Wildman–Crippen LogP) is 3.17. The third kappa shape index (κ3) is 2.43. The van der Waals surface area contributed by atoms with E-state index in [2.05, 4.69) is 0 Å². The first-order chi connectivity index (χ1) is 9.25. The molecule has 3 rings (SSSR count). The summed E-state index contributed by atoms with van der Waals surface area (Å²) < 4.78 is 1.07. The molecule has 19 heavy (non-hydrogen) atoms. The summed E-state index contributed by atoms with van der Waals surface area (Å²) in [5.74, 6) is -0.236. The number of rotatable bonds is 3. The first kappa shape index (κ1) is 12.4. The number of imide groups is 1. The van der Waals surface area contributed by atoms with Crippen LogP contribution in [-0.2, 0) is 9.59 Å². The van der Waals surface area contributed by atoms with Crippen LogP contribution in [0.1, 0.15) is 6.42 Å². The number of carbonyl (C=O) groups excluding carboxylic acids is 2. The predicted molar refractivity (Wildman–Crippen MR) is 77.5 cm³/mol. The van der Waals surface area contributed by atoms with Gasteiger partial charge in [-0.3, -0.25) is 9.59 Å². The Labute approximate surface area is 119 Å². The van der Waals surface area contributed by atoms with E-state index in [9.17, 15) is 9.59 Å². The summed E-state index contributed by atoms with van der Waals surface area (Å²) in [5, 5.41) is 1.67. The molecule has 0 aliphatic carbocycles.